The second-order valence-corrected chi connectivity index (χ2v) is 4.01. The number of aromatic nitrogens is 3. The van der Waals surface area contributed by atoms with E-state index in [1.54, 1.807) is 7.05 Å². The van der Waals surface area contributed by atoms with Gasteiger partial charge in [0.1, 0.15) is 0 Å². The maximum Gasteiger partial charge on any atom is 0.354 e. The molecule has 0 unspecified atom stereocenters. The average molecular weight is 231 g/mol. The van der Waals surface area contributed by atoms with Gasteiger partial charge in [0, 0.05) is 12.7 Å². The van der Waals surface area contributed by atoms with Gasteiger partial charge in [0.2, 0.25) is 0 Å². The van der Waals surface area contributed by atoms with Crippen LogP contribution in [-0.2, 0) is 7.05 Å². The number of carboxylic acid groups (broad SMARTS) is 1. The summed E-state index contributed by atoms with van der Waals surface area (Å²) in [6.45, 7) is 3.84. The third-order valence-electron chi connectivity index (χ3n) is 2.52. The number of aromatic carboxylic acids is 1. The molecular formula is C12H13N3O2. The summed E-state index contributed by atoms with van der Waals surface area (Å²) in [6, 6.07) is 3.80. The number of rotatable bonds is 2. The van der Waals surface area contributed by atoms with Crippen LogP contribution < -0.4 is 0 Å². The van der Waals surface area contributed by atoms with Crippen molar-refractivity contribution in [3.63, 3.8) is 0 Å². The van der Waals surface area contributed by atoms with Gasteiger partial charge in [0.05, 0.1) is 17.5 Å². The molecule has 0 aliphatic heterocycles. The zero-order chi connectivity index (χ0) is 12.6. The molecule has 2 heterocycles. The molecule has 2 aromatic heterocycles. The zero-order valence-corrected chi connectivity index (χ0v) is 9.93. The van der Waals surface area contributed by atoms with Crippen LogP contribution in [-0.4, -0.2) is 25.8 Å². The van der Waals surface area contributed by atoms with Crippen LogP contribution in [0.25, 0.3) is 11.3 Å². The van der Waals surface area contributed by atoms with Gasteiger partial charge in [0.25, 0.3) is 0 Å². The lowest BCUT2D eigenvalue weighted by atomic mass is 10.1. The van der Waals surface area contributed by atoms with Crippen molar-refractivity contribution < 1.29 is 9.90 Å². The Balaban J connectivity index is 2.64. The molecule has 17 heavy (non-hydrogen) atoms. The van der Waals surface area contributed by atoms with Gasteiger partial charge >= 0.3 is 5.97 Å². The number of hydrogen-bond acceptors (Lipinski definition) is 3. The third kappa shape index (κ3) is 2.04. The minimum Gasteiger partial charge on any atom is -0.477 e. The van der Waals surface area contributed by atoms with Crippen LogP contribution in [0.4, 0.5) is 0 Å². The minimum atomic E-state index is -0.999. The van der Waals surface area contributed by atoms with Crippen molar-refractivity contribution in [2.75, 3.05) is 0 Å². The summed E-state index contributed by atoms with van der Waals surface area (Å²) >= 11 is 0. The molecule has 0 bridgehead atoms. The van der Waals surface area contributed by atoms with E-state index in [0.29, 0.717) is 11.3 Å². The highest BCUT2D eigenvalue weighted by Gasteiger charge is 2.18. The Morgan fingerprint density at radius 2 is 2.06 bits per heavy atom. The Kier molecular flexibility index (Phi) is 2.67. The van der Waals surface area contributed by atoms with Gasteiger partial charge in [-0.05, 0) is 31.5 Å². The summed E-state index contributed by atoms with van der Waals surface area (Å²) < 4.78 is 1.34. The summed E-state index contributed by atoms with van der Waals surface area (Å²) in [5.74, 6) is -0.999. The van der Waals surface area contributed by atoms with Crippen LogP contribution in [0.3, 0.4) is 0 Å². The number of aryl methyl sites for hydroxylation is 3. The maximum atomic E-state index is 11.2. The van der Waals surface area contributed by atoms with E-state index < -0.39 is 5.97 Å². The second-order valence-electron chi connectivity index (χ2n) is 4.01. The molecule has 0 amide bonds. The van der Waals surface area contributed by atoms with E-state index in [2.05, 4.69) is 10.1 Å². The largest absolute Gasteiger partial charge is 0.477 e. The average Bonchev–Trinajstić information content (AvgIpc) is 2.58. The lowest BCUT2D eigenvalue weighted by Gasteiger charge is -2.04. The Hall–Kier alpha value is -2.17. The number of pyridine rings is 1. The Bertz CT molecular complexity index is 567. The monoisotopic (exact) mass is 231 g/mol. The van der Waals surface area contributed by atoms with E-state index in [0.717, 1.165) is 11.3 Å². The predicted molar refractivity (Wildman–Crippen MR) is 62.9 cm³/mol. The molecule has 88 valence electrons. The fraction of sp³-hybridized carbons (Fsp3) is 0.250. The van der Waals surface area contributed by atoms with Gasteiger partial charge in [-0.25, -0.2) is 4.79 Å². The smallest absolute Gasteiger partial charge is 0.354 e. The highest BCUT2D eigenvalue weighted by atomic mass is 16.4. The molecule has 0 spiro atoms. The van der Waals surface area contributed by atoms with E-state index in [1.165, 1.54) is 10.9 Å². The van der Waals surface area contributed by atoms with Gasteiger partial charge in [-0.2, -0.15) is 5.10 Å². The van der Waals surface area contributed by atoms with Gasteiger partial charge in [-0.3, -0.25) is 9.67 Å². The van der Waals surface area contributed by atoms with Crippen LogP contribution in [0, 0.1) is 13.8 Å². The quantitative estimate of drug-likeness (QED) is 0.855. The first-order valence-corrected chi connectivity index (χ1v) is 5.20. The van der Waals surface area contributed by atoms with Crippen LogP contribution in [0.1, 0.15) is 21.7 Å². The van der Waals surface area contributed by atoms with Crippen LogP contribution in [0.5, 0.6) is 0 Å². The van der Waals surface area contributed by atoms with Crippen molar-refractivity contribution >= 4 is 5.97 Å². The van der Waals surface area contributed by atoms with Crippen molar-refractivity contribution in [3.8, 4) is 11.3 Å². The fourth-order valence-electron chi connectivity index (χ4n) is 1.86. The van der Waals surface area contributed by atoms with Gasteiger partial charge in [0.15, 0.2) is 5.69 Å². The van der Waals surface area contributed by atoms with E-state index in [4.69, 9.17) is 5.11 Å². The van der Waals surface area contributed by atoms with Gasteiger partial charge in [-0.1, -0.05) is 0 Å². The number of hydrogen-bond donors (Lipinski definition) is 1. The zero-order valence-electron chi connectivity index (χ0n) is 9.93. The van der Waals surface area contributed by atoms with Crippen molar-refractivity contribution in [2.45, 2.75) is 13.8 Å². The van der Waals surface area contributed by atoms with Crippen LogP contribution in [0.2, 0.25) is 0 Å². The summed E-state index contributed by atoms with van der Waals surface area (Å²) in [5.41, 5.74) is 3.26. The Morgan fingerprint density at radius 3 is 2.65 bits per heavy atom. The van der Waals surface area contributed by atoms with Crippen molar-refractivity contribution in [2.24, 2.45) is 7.05 Å². The molecular weight excluding hydrogens is 218 g/mol. The Morgan fingerprint density at radius 1 is 1.35 bits per heavy atom. The highest BCUT2D eigenvalue weighted by molar-refractivity contribution is 5.93. The first-order chi connectivity index (χ1) is 7.99. The molecule has 1 N–H and O–H groups in total. The molecule has 0 radical (unpaired) electrons. The number of carboxylic acids is 1. The molecule has 0 aliphatic rings. The standard InChI is InChI=1S/C12H13N3O2/c1-7-4-8(2)14-10(5-7)9-6-13-15(3)11(9)12(16)17/h4-6H,1-3H3,(H,16,17). The second kappa shape index (κ2) is 4.01. The fourth-order valence-corrected chi connectivity index (χ4v) is 1.86. The Labute approximate surface area is 98.7 Å². The lowest BCUT2D eigenvalue weighted by molar-refractivity contribution is 0.0686. The molecule has 0 saturated carbocycles. The molecule has 2 aromatic rings. The summed E-state index contributed by atoms with van der Waals surface area (Å²) in [6.07, 6.45) is 1.53. The topological polar surface area (TPSA) is 68.0 Å². The maximum absolute atomic E-state index is 11.2. The van der Waals surface area contributed by atoms with Crippen LogP contribution in [0.15, 0.2) is 18.3 Å². The number of carbonyl (C=O) groups is 1. The molecule has 0 aliphatic carbocycles. The van der Waals surface area contributed by atoms with Gasteiger partial charge in [-0.15, -0.1) is 0 Å². The van der Waals surface area contributed by atoms with E-state index in [-0.39, 0.29) is 5.69 Å². The molecule has 0 aromatic carbocycles. The molecule has 0 fully saturated rings. The highest BCUT2D eigenvalue weighted by Crippen LogP contribution is 2.22. The van der Waals surface area contributed by atoms with E-state index in [9.17, 15) is 4.79 Å². The minimum absolute atomic E-state index is 0.155. The first-order valence-electron chi connectivity index (χ1n) is 5.20. The lowest BCUT2D eigenvalue weighted by Crippen LogP contribution is -2.07. The molecule has 5 heteroatoms. The first kappa shape index (κ1) is 11.3. The molecule has 0 atom stereocenters. The van der Waals surface area contributed by atoms with E-state index in [1.807, 2.05) is 26.0 Å². The van der Waals surface area contributed by atoms with Crippen LogP contribution >= 0.6 is 0 Å². The predicted octanol–water partition coefficient (Wildman–Crippen LogP) is 1.80. The van der Waals surface area contributed by atoms with E-state index >= 15 is 0 Å². The molecule has 5 nitrogen and oxygen atoms in total. The van der Waals surface area contributed by atoms with Crippen molar-refractivity contribution in [1.29, 1.82) is 0 Å². The van der Waals surface area contributed by atoms with Gasteiger partial charge < -0.3 is 5.11 Å². The molecule has 0 saturated heterocycles. The summed E-state index contributed by atoms with van der Waals surface area (Å²) in [7, 11) is 1.61. The van der Waals surface area contributed by atoms with Crippen molar-refractivity contribution in [1.82, 2.24) is 14.8 Å². The SMILES string of the molecule is Cc1cc(C)nc(-c2cnn(C)c2C(=O)O)c1. The normalized spacial score (nSPS) is 10.5. The van der Waals surface area contributed by atoms with Crippen molar-refractivity contribution in [3.05, 3.63) is 35.3 Å². The molecule has 2 rings (SSSR count). The third-order valence-corrected chi connectivity index (χ3v) is 2.52. The summed E-state index contributed by atoms with van der Waals surface area (Å²) in [4.78, 5) is 15.5. The number of nitrogens with zero attached hydrogens (tertiary/aromatic N) is 3. The summed E-state index contributed by atoms with van der Waals surface area (Å²) in [5, 5.41) is 13.1.